The Morgan fingerprint density at radius 1 is 1.62 bits per heavy atom. The second kappa shape index (κ2) is 7.06. The Balaban J connectivity index is 4.03. The third-order valence-electron chi connectivity index (χ3n) is 1.50. The molecule has 13 heavy (non-hydrogen) atoms. The molecule has 0 aromatic rings. The maximum atomic E-state index is 11.1. The summed E-state index contributed by atoms with van der Waals surface area (Å²) in [7, 11) is -2.87. The van der Waals surface area contributed by atoms with Crippen molar-refractivity contribution >= 4 is 14.0 Å². The molecule has 5 nitrogen and oxygen atoms in total. The van der Waals surface area contributed by atoms with Crippen molar-refractivity contribution in [2.75, 3.05) is 13.2 Å². The Labute approximate surface area is 77.6 Å². The van der Waals surface area contributed by atoms with Gasteiger partial charge in [0.1, 0.15) is 12.3 Å². The van der Waals surface area contributed by atoms with Gasteiger partial charge in [0.25, 0.3) is 0 Å². The zero-order valence-electron chi connectivity index (χ0n) is 7.52. The third kappa shape index (κ3) is 5.03. The lowest BCUT2D eigenvalue weighted by molar-refractivity contribution is -0.144. The van der Waals surface area contributed by atoms with E-state index in [9.17, 15) is 9.36 Å². The molecule has 0 rings (SSSR count). The predicted octanol–water partition coefficient (Wildman–Crippen LogP) is 0.158. The lowest BCUT2D eigenvalue weighted by atomic mass is 10.2. The van der Waals surface area contributed by atoms with E-state index >= 15 is 0 Å². The van der Waals surface area contributed by atoms with Gasteiger partial charge in [0.2, 0.25) is 8.03 Å². The van der Waals surface area contributed by atoms with Gasteiger partial charge in [-0.2, -0.15) is 0 Å². The summed E-state index contributed by atoms with van der Waals surface area (Å²) in [5.41, 5.74) is -0.915. The van der Waals surface area contributed by atoms with E-state index in [2.05, 4.69) is 4.74 Å². The van der Waals surface area contributed by atoms with Gasteiger partial charge < -0.3 is 14.7 Å². The number of carbonyl (C=O) groups is 1. The van der Waals surface area contributed by atoms with E-state index in [1.54, 1.807) is 0 Å². The Morgan fingerprint density at radius 3 is 2.62 bits per heavy atom. The number of hydrogen-bond acceptors (Lipinski definition) is 4. The topological polar surface area (TPSA) is 83.8 Å². The first-order valence-corrected chi connectivity index (χ1v) is 5.57. The molecule has 0 fully saturated rings. The molecule has 0 aliphatic rings. The molecule has 0 aliphatic carbocycles. The summed E-state index contributed by atoms with van der Waals surface area (Å²) in [5, 5.41) is 8.36. The third-order valence-corrected chi connectivity index (χ3v) is 2.62. The minimum Gasteiger partial charge on any atom is -0.463 e. The van der Waals surface area contributed by atoms with Crippen molar-refractivity contribution in [3.05, 3.63) is 0 Å². The molecule has 2 atom stereocenters. The van der Waals surface area contributed by atoms with Gasteiger partial charge >= 0.3 is 5.97 Å². The quantitative estimate of drug-likeness (QED) is 0.481. The fourth-order valence-corrected chi connectivity index (χ4v) is 1.70. The first-order valence-electron chi connectivity index (χ1n) is 4.13. The van der Waals surface area contributed by atoms with Crippen LogP contribution in [0.1, 0.15) is 19.8 Å². The monoisotopic (exact) mass is 210 g/mol. The summed E-state index contributed by atoms with van der Waals surface area (Å²) in [4.78, 5) is 19.9. The van der Waals surface area contributed by atoms with Crippen LogP contribution < -0.4 is 0 Å². The van der Waals surface area contributed by atoms with Crippen LogP contribution in [0.5, 0.6) is 0 Å². The van der Waals surface area contributed by atoms with Gasteiger partial charge in [0.05, 0.1) is 6.61 Å². The van der Waals surface area contributed by atoms with Crippen LogP contribution in [-0.2, 0) is 14.1 Å². The van der Waals surface area contributed by atoms with Gasteiger partial charge in [-0.25, -0.2) is 0 Å². The Bertz CT molecular complexity index is 182. The highest BCUT2D eigenvalue weighted by Gasteiger charge is 2.23. The number of rotatable bonds is 6. The average Bonchev–Trinajstić information content (AvgIpc) is 2.09. The second-order valence-electron chi connectivity index (χ2n) is 2.57. The number of carbonyl (C=O) groups excluding carboxylic acids is 1. The average molecular weight is 210 g/mol. The molecule has 0 aromatic heterocycles. The van der Waals surface area contributed by atoms with Crippen molar-refractivity contribution in [1.29, 1.82) is 0 Å². The molecule has 2 N–H and O–H groups in total. The molecule has 2 unspecified atom stereocenters. The predicted molar refractivity (Wildman–Crippen MR) is 48.0 cm³/mol. The molecule has 0 saturated heterocycles. The van der Waals surface area contributed by atoms with Crippen LogP contribution in [0.3, 0.4) is 0 Å². The molecule has 0 bridgehead atoms. The van der Waals surface area contributed by atoms with E-state index in [0.717, 1.165) is 0 Å². The van der Waals surface area contributed by atoms with Crippen LogP contribution in [0.15, 0.2) is 0 Å². The summed E-state index contributed by atoms with van der Waals surface area (Å²) >= 11 is 0. The number of aliphatic hydroxyl groups is 1. The van der Waals surface area contributed by atoms with E-state index in [-0.39, 0.29) is 13.2 Å². The zero-order chi connectivity index (χ0) is 10.3. The Kier molecular flexibility index (Phi) is 6.86. The first kappa shape index (κ1) is 12.6. The van der Waals surface area contributed by atoms with Crippen LogP contribution in [0, 0.1) is 0 Å². The molecular formula is C7H15O5P. The van der Waals surface area contributed by atoms with E-state index < -0.39 is 19.7 Å². The number of esters is 1. The van der Waals surface area contributed by atoms with Gasteiger partial charge in [0, 0.05) is 0 Å². The summed E-state index contributed by atoms with van der Waals surface area (Å²) in [6, 6.07) is 0. The number of hydrogen-bond donors (Lipinski definition) is 2. The Morgan fingerprint density at radius 2 is 2.23 bits per heavy atom. The highest BCUT2D eigenvalue weighted by molar-refractivity contribution is 7.40. The van der Waals surface area contributed by atoms with Crippen LogP contribution in [-0.4, -0.2) is 34.8 Å². The minimum absolute atomic E-state index is 0.117. The van der Waals surface area contributed by atoms with Crippen LogP contribution in [0.4, 0.5) is 0 Å². The molecule has 0 aromatic carbocycles. The minimum atomic E-state index is -2.87. The standard InChI is InChI=1S/C7H15O5P/c1-2-3-6(13(10)11)7(9)12-5-4-8/h6,8,13H,2-5H2,1H3,(H,10,11). The van der Waals surface area contributed by atoms with E-state index in [1.807, 2.05) is 6.92 Å². The van der Waals surface area contributed by atoms with Gasteiger partial charge in [-0.05, 0) is 6.42 Å². The lowest BCUT2D eigenvalue weighted by Crippen LogP contribution is -2.21. The van der Waals surface area contributed by atoms with Crippen molar-refractivity contribution in [3.63, 3.8) is 0 Å². The highest BCUT2D eigenvalue weighted by Crippen LogP contribution is 2.27. The summed E-state index contributed by atoms with van der Waals surface area (Å²) in [5.74, 6) is -0.692. The molecule has 0 saturated carbocycles. The van der Waals surface area contributed by atoms with Gasteiger partial charge in [-0.3, -0.25) is 9.36 Å². The number of aliphatic hydroxyl groups excluding tert-OH is 1. The fraction of sp³-hybridized carbons (Fsp3) is 0.857. The molecule has 0 aliphatic heterocycles. The highest BCUT2D eigenvalue weighted by atomic mass is 31.1. The normalized spacial score (nSPS) is 15.0. The second-order valence-corrected chi connectivity index (χ2v) is 3.94. The van der Waals surface area contributed by atoms with Gasteiger partial charge in [-0.1, -0.05) is 13.3 Å². The van der Waals surface area contributed by atoms with Gasteiger partial charge in [0.15, 0.2) is 0 Å². The molecule has 0 radical (unpaired) electrons. The van der Waals surface area contributed by atoms with Gasteiger partial charge in [-0.15, -0.1) is 0 Å². The van der Waals surface area contributed by atoms with E-state index in [0.29, 0.717) is 12.8 Å². The lowest BCUT2D eigenvalue weighted by Gasteiger charge is -2.10. The van der Waals surface area contributed by atoms with Crippen LogP contribution >= 0.6 is 8.03 Å². The van der Waals surface area contributed by atoms with Crippen LogP contribution in [0.25, 0.3) is 0 Å². The maximum Gasteiger partial charge on any atom is 0.318 e. The van der Waals surface area contributed by atoms with E-state index in [1.165, 1.54) is 0 Å². The first-order chi connectivity index (χ1) is 6.13. The fourth-order valence-electron chi connectivity index (χ4n) is 0.878. The molecule has 78 valence electrons. The maximum absolute atomic E-state index is 11.1. The molecule has 0 amide bonds. The van der Waals surface area contributed by atoms with Crippen molar-refractivity contribution in [1.82, 2.24) is 0 Å². The summed E-state index contributed by atoms with van der Waals surface area (Å²) < 4.78 is 15.3. The van der Waals surface area contributed by atoms with Crippen molar-refractivity contribution in [2.45, 2.75) is 25.4 Å². The number of ether oxygens (including phenoxy) is 1. The Hall–Kier alpha value is -0.380. The van der Waals surface area contributed by atoms with Crippen molar-refractivity contribution < 1.29 is 24.1 Å². The van der Waals surface area contributed by atoms with Crippen molar-refractivity contribution in [3.8, 4) is 0 Å². The van der Waals surface area contributed by atoms with Crippen molar-refractivity contribution in [2.24, 2.45) is 0 Å². The SMILES string of the molecule is CCCC(C(=O)OCCO)[PH](=O)O. The summed E-state index contributed by atoms with van der Waals surface area (Å²) in [6.07, 6.45) is 0.994. The van der Waals surface area contributed by atoms with E-state index in [4.69, 9.17) is 10.00 Å². The zero-order valence-corrected chi connectivity index (χ0v) is 8.52. The largest absolute Gasteiger partial charge is 0.463 e. The molecule has 0 heterocycles. The molecule has 6 heteroatoms. The molecular weight excluding hydrogens is 195 g/mol. The van der Waals surface area contributed by atoms with Crippen LogP contribution in [0.2, 0.25) is 0 Å². The summed E-state index contributed by atoms with van der Waals surface area (Å²) in [6.45, 7) is 1.43. The molecule has 0 spiro atoms. The smallest absolute Gasteiger partial charge is 0.318 e.